The van der Waals surface area contributed by atoms with Gasteiger partial charge in [-0.25, -0.2) is 0 Å². The Labute approximate surface area is 119 Å². The molecule has 0 unspecified atom stereocenters. The van der Waals surface area contributed by atoms with E-state index in [9.17, 15) is 9.59 Å². The second-order valence-corrected chi connectivity index (χ2v) is 5.57. The zero-order valence-corrected chi connectivity index (χ0v) is 12.5. The van der Waals surface area contributed by atoms with Gasteiger partial charge in [0, 0.05) is 31.7 Å². The maximum absolute atomic E-state index is 11.7. The lowest BCUT2D eigenvalue weighted by atomic mass is 10.1. The zero-order chi connectivity index (χ0) is 15.2. The van der Waals surface area contributed by atoms with Crippen LogP contribution in [0, 0.1) is 0 Å². The number of amides is 2. The van der Waals surface area contributed by atoms with Crippen LogP contribution in [0.5, 0.6) is 0 Å². The Morgan fingerprint density at radius 1 is 1.30 bits per heavy atom. The van der Waals surface area contributed by atoms with Crippen LogP contribution in [0.1, 0.15) is 27.2 Å². The molecule has 0 atom stereocenters. The molecular formula is C13H23N5O2. The van der Waals surface area contributed by atoms with Crippen molar-refractivity contribution in [1.82, 2.24) is 20.4 Å². The van der Waals surface area contributed by atoms with E-state index in [0.717, 1.165) is 0 Å². The predicted octanol–water partition coefficient (Wildman–Crippen LogP) is 0.346. The number of aromatic nitrogens is 2. The lowest BCUT2D eigenvalue weighted by Gasteiger charge is -2.20. The third kappa shape index (κ3) is 6.33. The summed E-state index contributed by atoms with van der Waals surface area (Å²) in [6.07, 6.45) is 3.54. The predicted molar refractivity (Wildman–Crippen MR) is 77.3 cm³/mol. The number of hydrogen-bond donors (Lipinski definition) is 3. The second-order valence-electron chi connectivity index (χ2n) is 5.57. The smallest absolute Gasteiger partial charge is 0.241 e. The monoisotopic (exact) mass is 281 g/mol. The van der Waals surface area contributed by atoms with Gasteiger partial charge in [-0.15, -0.1) is 0 Å². The number of nitrogens with zero attached hydrogens (tertiary/aromatic N) is 2. The first-order valence-electron chi connectivity index (χ1n) is 6.58. The van der Waals surface area contributed by atoms with Crippen LogP contribution in [0.4, 0.5) is 5.69 Å². The molecule has 1 aromatic heterocycles. The summed E-state index contributed by atoms with van der Waals surface area (Å²) in [5, 5.41) is 12.5. The van der Waals surface area contributed by atoms with E-state index < -0.39 is 0 Å². The van der Waals surface area contributed by atoms with Gasteiger partial charge in [-0.2, -0.15) is 5.10 Å². The number of hydrogen-bond acceptors (Lipinski definition) is 4. The van der Waals surface area contributed by atoms with Gasteiger partial charge >= 0.3 is 0 Å². The minimum absolute atomic E-state index is 0.00131. The average molecular weight is 281 g/mol. The molecule has 0 radical (unpaired) electrons. The molecule has 7 heteroatoms. The fraction of sp³-hybridized carbons (Fsp3) is 0.615. The van der Waals surface area contributed by atoms with Crippen LogP contribution < -0.4 is 16.0 Å². The minimum atomic E-state index is -0.139. The molecule has 0 aliphatic heterocycles. The Morgan fingerprint density at radius 3 is 2.60 bits per heavy atom. The van der Waals surface area contributed by atoms with Crippen LogP contribution in [0.3, 0.4) is 0 Å². The molecular weight excluding hydrogens is 258 g/mol. The van der Waals surface area contributed by atoms with Gasteiger partial charge in [-0.05, 0) is 20.8 Å². The van der Waals surface area contributed by atoms with Crippen LogP contribution in [-0.4, -0.2) is 40.7 Å². The number of carbonyl (C=O) groups is 2. The summed E-state index contributed by atoms with van der Waals surface area (Å²) in [7, 11) is 1.57. The summed E-state index contributed by atoms with van der Waals surface area (Å²) < 4.78 is 1.47. The Hall–Kier alpha value is -1.89. The molecule has 0 saturated carbocycles. The third-order valence-electron chi connectivity index (χ3n) is 2.51. The van der Waals surface area contributed by atoms with Gasteiger partial charge < -0.3 is 16.0 Å². The summed E-state index contributed by atoms with van der Waals surface area (Å²) in [6, 6.07) is 0. The fourth-order valence-electron chi connectivity index (χ4n) is 1.52. The van der Waals surface area contributed by atoms with Crippen molar-refractivity contribution in [2.75, 3.05) is 18.9 Å². The molecule has 0 saturated heterocycles. The Bertz CT molecular complexity index is 462. The highest BCUT2D eigenvalue weighted by molar-refractivity contribution is 5.90. The second kappa shape index (κ2) is 7.04. The van der Waals surface area contributed by atoms with Crippen LogP contribution in [-0.2, 0) is 16.1 Å². The van der Waals surface area contributed by atoms with Gasteiger partial charge in [0.2, 0.25) is 11.8 Å². The summed E-state index contributed by atoms with van der Waals surface area (Å²) in [4.78, 5) is 22.9. The van der Waals surface area contributed by atoms with Crippen LogP contribution >= 0.6 is 0 Å². The molecule has 112 valence electrons. The van der Waals surface area contributed by atoms with E-state index in [2.05, 4.69) is 21.0 Å². The molecule has 20 heavy (non-hydrogen) atoms. The summed E-state index contributed by atoms with van der Waals surface area (Å²) >= 11 is 0. The van der Waals surface area contributed by atoms with Gasteiger partial charge in [0.15, 0.2) is 0 Å². The number of anilines is 1. The van der Waals surface area contributed by atoms with Gasteiger partial charge in [0.1, 0.15) is 6.54 Å². The molecule has 0 fully saturated rings. The minimum Gasteiger partial charge on any atom is -0.358 e. The SMILES string of the molecule is CNC(=O)Cn1cc(NC(=O)CCNC(C)(C)C)cn1. The quantitative estimate of drug-likeness (QED) is 0.702. The first-order chi connectivity index (χ1) is 9.30. The normalized spacial score (nSPS) is 11.2. The molecule has 0 spiro atoms. The van der Waals surface area contributed by atoms with Crippen molar-refractivity contribution in [2.24, 2.45) is 0 Å². The van der Waals surface area contributed by atoms with Crippen LogP contribution in [0.25, 0.3) is 0 Å². The highest BCUT2D eigenvalue weighted by atomic mass is 16.2. The van der Waals surface area contributed by atoms with Crippen molar-refractivity contribution < 1.29 is 9.59 Å². The summed E-state index contributed by atoms with van der Waals surface area (Å²) in [5.41, 5.74) is 0.591. The first-order valence-corrected chi connectivity index (χ1v) is 6.58. The van der Waals surface area contributed by atoms with Gasteiger partial charge in [0.25, 0.3) is 0 Å². The molecule has 7 nitrogen and oxygen atoms in total. The molecule has 1 rings (SSSR count). The molecule has 1 heterocycles. The first kappa shape index (κ1) is 16.2. The number of nitrogens with one attached hydrogen (secondary N) is 3. The van der Waals surface area contributed by atoms with Crippen molar-refractivity contribution >= 4 is 17.5 Å². The summed E-state index contributed by atoms with van der Waals surface area (Å²) in [6.45, 7) is 6.90. The maximum atomic E-state index is 11.7. The Kier molecular flexibility index (Phi) is 5.69. The largest absolute Gasteiger partial charge is 0.358 e. The molecule has 3 N–H and O–H groups in total. The Balaban J connectivity index is 2.37. The van der Waals surface area contributed by atoms with E-state index in [1.807, 2.05) is 20.8 Å². The molecule has 1 aromatic rings. The molecule has 0 aliphatic carbocycles. The molecule has 2 amide bonds. The maximum Gasteiger partial charge on any atom is 0.241 e. The van der Waals surface area contributed by atoms with E-state index >= 15 is 0 Å². The van der Waals surface area contributed by atoms with E-state index in [0.29, 0.717) is 18.7 Å². The fourth-order valence-corrected chi connectivity index (χ4v) is 1.52. The van der Waals surface area contributed by atoms with Gasteiger partial charge in [-0.1, -0.05) is 0 Å². The molecule has 0 aromatic carbocycles. The van der Waals surface area contributed by atoms with Crippen molar-refractivity contribution in [3.63, 3.8) is 0 Å². The molecule has 0 bridgehead atoms. The molecule has 0 aliphatic rings. The van der Waals surface area contributed by atoms with E-state index in [4.69, 9.17) is 0 Å². The van der Waals surface area contributed by atoms with Gasteiger partial charge in [0.05, 0.1) is 11.9 Å². The van der Waals surface area contributed by atoms with Gasteiger partial charge in [-0.3, -0.25) is 14.3 Å². The van der Waals surface area contributed by atoms with E-state index in [1.165, 1.54) is 10.9 Å². The van der Waals surface area contributed by atoms with E-state index in [-0.39, 0.29) is 23.9 Å². The van der Waals surface area contributed by atoms with Crippen molar-refractivity contribution in [3.8, 4) is 0 Å². The summed E-state index contributed by atoms with van der Waals surface area (Å²) in [5.74, 6) is -0.221. The number of rotatable bonds is 6. The van der Waals surface area contributed by atoms with Crippen molar-refractivity contribution in [2.45, 2.75) is 39.3 Å². The van der Waals surface area contributed by atoms with E-state index in [1.54, 1.807) is 13.2 Å². The Morgan fingerprint density at radius 2 is 2.00 bits per heavy atom. The highest BCUT2D eigenvalue weighted by Gasteiger charge is 2.10. The zero-order valence-electron chi connectivity index (χ0n) is 12.5. The number of likely N-dealkylation sites (N-methyl/N-ethyl adjacent to an activating group) is 1. The lowest BCUT2D eigenvalue weighted by Crippen LogP contribution is -2.37. The number of carbonyl (C=O) groups excluding carboxylic acids is 2. The van der Waals surface area contributed by atoms with Crippen LogP contribution in [0.15, 0.2) is 12.4 Å². The van der Waals surface area contributed by atoms with Crippen molar-refractivity contribution in [1.29, 1.82) is 0 Å². The van der Waals surface area contributed by atoms with Crippen molar-refractivity contribution in [3.05, 3.63) is 12.4 Å². The topological polar surface area (TPSA) is 88.0 Å². The standard InChI is InChI=1S/C13H23N5O2/c1-13(2,3)15-6-5-11(19)17-10-7-16-18(8-10)9-12(20)14-4/h7-8,15H,5-6,9H2,1-4H3,(H,14,20)(H,17,19). The highest BCUT2D eigenvalue weighted by Crippen LogP contribution is 2.05. The van der Waals surface area contributed by atoms with Crippen LogP contribution in [0.2, 0.25) is 0 Å². The average Bonchev–Trinajstić information content (AvgIpc) is 2.74. The lowest BCUT2D eigenvalue weighted by molar-refractivity contribution is -0.121. The third-order valence-corrected chi connectivity index (χ3v) is 2.51.